The summed E-state index contributed by atoms with van der Waals surface area (Å²) in [5, 5.41) is 10.3. The second-order valence-corrected chi connectivity index (χ2v) is 3.88. The van der Waals surface area contributed by atoms with Crippen LogP contribution in [0.5, 0.6) is 0 Å². The average molecular weight is 238 g/mol. The highest BCUT2D eigenvalue weighted by molar-refractivity contribution is 6.28. The fourth-order valence-electron chi connectivity index (χ4n) is 1.36. The zero-order valence-corrected chi connectivity index (χ0v) is 9.84. The second kappa shape index (κ2) is 4.49. The molecule has 0 aliphatic rings. The molecule has 6 heteroatoms. The molecule has 0 bridgehead atoms. The molecule has 0 aliphatic carbocycles. The molecule has 0 amide bonds. The number of hydrogen-bond donors (Lipinski definition) is 2. The van der Waals surface area contributed by atoms with Crippen molar-refractivity contribution in [2.45, 2.75) is 20.4 Å². The zero-order chi connectivity index (χ0) is 11.5. The second-order valence-electron chi connectivity index (χ2n) is 3.54. The number of aryl methyl sites for hydroxylation is 2. The molecular formula is C10H12ClN5. The van der Waals surface area contributed by atoms with Gasteiger partial charge in [-0.1, -0.05) is 0 Å². The molecule has 0 saturated carbocycles. The Bertz CT molecular complexity index is 473. The lowest BCUT2D eigenvalue weighted by Crippen LogP contribution is -2.03. The predicted molar refractivity (Wildman–Crippen MR) is 62.4 cm³/mol. The Morgan fingerprint density at radius 3 is 2.81 bits per heavy atom. The monoisotopic (exact) mass is 237 g/mol. The number of halogens is 1. The van der Waals surface area contributed by atoms with Crippen LogP contribution in [-0.4, -0.2) is 20.2 Å². The SMILES string of the molecule is Cc1cc(NCc2cn[nH]c2C)nc(Cl)n1. The van der Waals surface area contributed by atoms with Gasteiger partial charge in [0.2, 0.25) is 5.28 Å². The Morgan fingerprint density at radius 1 is 1.38 bits per heavy atom. The van der Waals surface area contributed by atoms with Crippen LogP contribution in [-0.2, 0) is 6.54 Å². The topological polar surface area (TPSA) is 66.5 Å². The summed E-state index contributed by atoms with van der Waals surface area (Å²) >= 11 is 5.76. The maximum absolute atomic E-state index is 5.76. The van der Waals surface area contributed by atoms with Gasteiger partial charge in [0.05, 0.1) is 6.20 Å². The van der Waals surface area contributed by atoms with Crippen LogP contribution in [0.1, 0.15) is 17.0 Å². The van der Waals surface area contributed by atoms with Crippen LogP contribution >= 0.6 is 11.6 Å². The van der Waals surface area contributed by atoms with Gasteiger partial charge in [-0.25, -0.2) is 9.97 Å². The summed E-state index contributed by atoms with van der Waals surface area (Å²) in [6.07, 6.45) is 1.79. The van der Waals surface area contributed by atoms with Crippen molar-refractivity contribution in [1.82, 2.24) is 20.2 Å². The van der Waals surface area contributed by atoms with E-state index in [9.17, 15) is 0 Å². The fourth-order valence-corrected chi connectivity index (χ4v) is 1.59. The van der Waals surface area contributed by atoms with Crippen molar-refractivity contribution >= 4 is 17.4 Å². The highest BCUT2D eigenvalue weighted by Gasteiger charge is 2.02. The number of hydrogen-bond acceptors (Lipinski definition) is 4. The molecule has 0 spiro atoms. The summed E-state index contributed by atoms with van der Waals surface area (Å²) in [5.74, 6) is 0.720. The number of anilines is 1. The van der Waals surface area contributed by atoms with Crippen LogP contribution < -0.4 is 5.32 Å². The number of aromatic nitrogens is 4. The largest absolute Gasteiger partial charge is 0.366 e. The van der Waals surface area contributed by atoms with E-state index in [0.717, 1.165) is 22.8 Å². The van der Waals surface area contributed by atoms with Crippen molar-refractivity contribution < 1.29 is 0 Å². The van der Waals surface area contributed by atoms with E-state index in [2.05, 4.69) is 25.5 Å². The molecular weight excluding hydrogens is 226 g/mol. The number of aromatic amines is 1. The van der Waals surface area contributed by atoms with Crippen LogP contribution in [0.3, 0.4) is 0 Å². The van der Waals surface area contributed by atoms with E-state index in [1.807, 2.05) is 19.9 Å². The zero-order valence-electron chi connectivity index (χ0n) is 9.08. The van der Waals surface area contributed by atoms with E-state index in [0.29, 0.717) is 6.54 Å². The van der Waals surface area contributed by atoms with Crippen LogP contribution in [0.25, 0.3) is 0 Å². The number of H-pyrrole nitrogens is 1. The fraction of sp³-hybridized carbons (Fsp3) is 0.300. The normalized spacial score (nSPS) is 10.4. The first kappa shape index (κ1) is 10.9. The lowest BCUT2D eigenvalue weighted by Gasteiger charge is -2.05. The maximum atomic E-state index is 5.76. The molecule has 16 heavy (non-hydrogen) atoms. The number of nitrogens with zero attached hydrogens (tertiary/aromatic N) is 3. The van der Waals surface area contributed by atoms with E-state index >= 15 is 0 Å². The van der Waals surface area contributed by atoms with Gasteiger partial charge >= 0.3 is 0 Å². The number of nitrogens with one attached hydrogen (secondary N) is 2. The first-order valence-electron chi connectivity index (χ1n) is 4.89. The molecule has 2 aromatic heterocycles. The Hall–Kier alpha value is -1.62. The highest BCUT2D eigenvalue weighted by atomic mass is 35.5. The van der Waals surface area contributed by atoms with Crippen LogP contribution in [0.2, 0.25) is 5.28 Å². The van der Waals surface area contributed by atoms with Crippen molar-refractivity contribution in [3.63, 3.8) is 0 Å². The first-order chi connectivity index (χ1) is 7.65. The summed E-state index contributed by atoms with van der Waals surface area (Å²) in [6, 6.07) is 1.85. The summed E-state index contributed by atoms with van der Waals surface area (Å²) in [4.78, 5) is 8.07. The van der Waals surface area contributed by atoms with Gasteiger partial charge in [0.1, 0.15) is 5.82 Å². The molecule has 0 aromatic carbocycles. The predicted octanol–water partition coefficient (Wildman–Crippen LogP) is 2.08. The third kappa shape index (κ3) is 2.49. The third-order valence-electron chi connectivity index (χ3n) is 2.22. The molecule has 0 atom stereocenters. The van der Waals surface area contributed by atoms with Gasteiger partial charge < -0.3 is 5.32 Å². The van der Waals surface area contributed by atoms with Crippen LogP contribution in [0.15, 0.2) is 12.3 Å². The molecule has 0 saturated heterocycles. The minimum atomic E-state index is 0.256. The number of rotatable bonds is 3. The molecule has 0 fully saturated rings. The average Bonchev–Trinajstić information content (AvgIpc) is 2.59. The molecule has 2 N–H and O–H groups in total. The van der Waals surface area contributed by atoms with Crippen molar-refractivity contribution in [2.75, 3.05) is 5.32 Å². The standard InChI is InChI=1S/C10H12ClN5/c1-6-3-9(15-10(11)14-6)12-4-8-5-13-16-7(8)2/h3,5H,4H2,1-2H3,(H,13,16)(H,12,14,15). The Morgan fingerprint density at radius 2 is 2.19 bits per heavy atom. The minimum absolute atomic E-state index is 0.256. The molecule has 0 radical (unpaired) electrons. The van der Waals surface area contributed by atoms with E-state index in [-0.39, 0.29) is 5.28 Å². The van der Waals surface area contributed by atoms with Gasteiger partial charge in [0.15, 0.2) is 0 Å². The highest BCUT2D eigenvalue weighted by Crippen LogP contribution is 2.11. The lowest BCUT2D eigenvalue weighted by molar-refractivity contribution is 1.03. The summed E-state index contributed by atoms with van der Waals surface area (Å²) in [6.45, 7) is 4.51. The van der Waals surface area contributed by atoms with Crippen LogP contribution in [0.4, 0.5) is 5.82 Å². The lowest BCUT2D eigenvalue weighted by atomic mass is 10.2. The summed E-state index contributed by atoms with van der Waals surface area (Å²) < 4.78 is 0. The van der Waals surface area contributed by atoms with Crippen LogP contribution in [0, 0.1) is 13.8 Å². The minimum Gasteiger partial charge on any atom is -0.366 e. The Kier molecular flexibility index (Phi) is 3.05. The van der Waals surface area contributed by atoms with E-state index in [1.54, 1.807) is 6.20 Å². The molecule has 0 aliphatic heterocycles. The first-order valence-corrected chi connectivity index (χ1v) is 5.27. The van der Waals surface area contributed by atoms with E-state index < -0.39 is 0 Å². The molecule has 2 heterocycles. The van der Waals surface area contributed by atoms with Gasteiger partial charge in [-0.15, -0.1) is 0 Å². The van der Waals surface area contributed by atoms with Gasteiger partial charge in [-0.2, -0.15) is 5.10 Å². The van der Waals surface area contributed by atoms with E-state index in [4.69, 9.17) is 11.6 Å². The summed E-state index contributed by atoms with van der Waals surface area (Å²) in [5.41, 5.74) is 2.99. The van der Waals surface area contributed by atoms with E-state index in [1.165, 1.54) is 0 Å². The molecule has 2 aromatic rings. The van der Waals surface area contributed by atoms with Crippen molar-refractivity contribution in [2.24, 2.45) is 0 Å². The van der Waals surface area contributed by atoms with Gasteiger partial charge in [-0.3, -0.25) is 5.10 Å². The maximum Gasteiger partial charge on any atom is 0.224 e. The molecule has 5 nitrogen and oxygen atoms in total. The van der Waals surface area contributed by atoms with Crippen molar-refractivity contribution in [1.29, 1.82) is 0 Å². The quantitative estimate of drug-likeness (QED) is 0.803. The van der Waals surface area contributed by atoms with Crippen molar-refractivity contribution in [3.8, 4) is 0 Å². The summed E-state index contributed by atoms with van der Waals surface area (Å²) in [7, 11) is 0. The molecule has 0 unspecified atom stereocenters. The molecule has 84 valence electrons. The molecule has 2 rings (SSSR count). The van der Waals surface area contributed by atoms with Crippen molar-refractivity contribution in [3.05, 3.63) is 34.5 Å². The Balaban J connectivity index is 2.07. The van der Waals surface area contributed by atoms with Gasteiger partial charge in [0.25, 0.3) is 0 Å². The van der Waals surface area contributed by atoms with Gasteiger partial charge in [-0.05, 0) is 25.4 Å². The Labute approximate surface area is 98.3 Å². The van der Waals surface area contributed by atoms with Gasteiger partial charge in [0, 0.05) is 29.6 Å². The third-order valence-corrected chi connectivity index (χ3v) is 2.39. The smallest absolute Gasteiger partial charge is 0.224 e.